The molecule has 0 aliphatic rings. The molecule has 1 aromatic carbocycles. The van der Waals surface area contributed by atoms with Crippen molar-refractivity contribution in [1.82, 2.24) is 9.97 Å². The zero-order chi connectivity index (χ0) is 13.8. The Morgan fingerprint density at radius 1 is 1.16 bits per heavy atom. The standard InChI is InChI=1S/C15H19N3O/c1-10(2)8-11-4-6-12(7-5-11)13-9-14(19-3)18-15(16)17-13/h4-7,9-10H,8H2,1-3H3,(H2,16,17,18). The number of nitrogen functional groups attached to an aromatic ring is 1. The topological polar surface area (TPSA) is 61.0 Å². The van der Waals surface area contributed by atoms with E-state index < -0.39 is 0 Å². The molecule has 2 N–H and O–H groups in total. The predicted molar refractivity (Wildman–Crippen MR) is 77.0 cm³/mol. The lowest BCUT2D eigenvalue weighted by Crippen LogP contribution is -1.99. The molecule has 2 aromatic rings. The molecule has 0 saturated heterocycles. The Bertz CT molecular complexity index is 550. The van der Waals surface area contributed by atoms with E-state index in [-0.39, 0.29) is 5.95 Å². The minimum Gasteiger partial charge on any atom is -0.481 e. The number of nitrogens with two attached hydrogens (primary N) is 1. The van der Waals surface area contributed by atoms with Crippen LogP contribution in [0.4, 0.5) is 5.95 Å². The maximum absolute atomic E-state index is 5.67. The number of methoxy groups -OCH3 is 1. The first kappa shape index (κ1) is 13.3. The minimum atomic E-state index is 0.223. The molecule has 0 fully saturated rings. The molecule has 4 nitrogen and oxygen atoms in total. The van der Waals surface area contributed by atoms with Crippen molar-refractivity contribution in [1.29, 1.82) is 0 Å². The van der Waals surface area contributed by atoms with Crippen LogP contribution in [0, 0.1) is 5.92 Å². The molecule has 0 spiro atoms. The van der Waals surface area contributed by atoms with Crippen molar-refractivity contribution in [3.63, 3.8) is 0 Å². The number of rotatable bonds is 4. The van der Waals surface area contributed by atoms with E-state index in [9.17, 15) is 0 Å². The summed E-state index contributed by atoms with van der Waals surface area (Å²) in [4.78, 5) is 8.21. The van der Waals surface area contributed by atoms with Crippen LogP contribution in [-0.2, 0) is 6.42 Å². The molecule has 0 aliphatic heterocycles. The Kier molecular flexibility index (Phi) is 4.00. The Morgan fingerprint density at radius 3 is 2.42 bits per heavy atom. The molecule has 0 saturated carbocycles. The predicted octanol–water partition coefficient (Wildman–Crippen LogP) is 2.93. The molecule has 1 aromatic heterocycles. The van der Waals surface area contributed by atoms with Gasteiger partial charge in [0.25, 0.3) is 0 Å². The number of benzene rings is 1. The molecule has 1 heterocycles. The largest absolute Gasteiger partial charge is 0.481 e. The average molecular weight is 257 g/mol. The summed E-state index contributed by atoms with van der Waals surface area (Å²) in [7, 11) is 1.57. The van der Waals surface area contributed by atoms with Gasteiger partial charge in [0.15, 0.2) is 0 Å². The van der Waals surface area contributed by atoms with Gasteiger partial charge in [0.05, 0.1) is 12.8 Å². The zero-order valence-electron chi connectivity index (χ0n) is 11.6. The summed E-state index contributed by atoms with van der Waals surface area (Å²) in [5.41, 5.74) is 8.78. The third-order valence-electron chi connectivity index (χ3n) is 2.82. The molecule has 100 valence electrons. The first-order valence-corrected chi connectivity index (χ1v) is 6.36. The van der Waals surface area contributed by atoms with Crippen molar-refractivity contribution < 1.29 is 4.74 Å². The summed E-state index contributed by atoms with van der Waals surface area (Å²) in [6, 6.07) is 10.1. The Morgan fingerprint density at radius 2 is 1.84 bits per heavy atom. The van der Waals surface area contributed by atoms with Crippen molar-refractivity contribution in [2.24, 2.45) is 5.92 Å². The van der Waals surface area contributed by atoms with Gasteiger partial charge in [-0.25, -0.2) is 4.98 Å². The Hall–Kier alpha value is -2.10. The molecule has 19 heavy (non-hydrogen) atoms. The number of hydrogen-bond acceptors (Lipinski definition) is 4. The van der Waals surface area contributed by atoms with Crippen LogP contribution < -0.4 is 10.5 Å². The summed E-state index contributed by atoms with van der Waals surface area (Å²) in [5, 5.41) is 0. The van der Waals surface area contributed by atoms with E-state index in [1.54, 1.807) is 13.2 Å². The van der Waals surface area contributed by atoms with Gasteiger partial charge in [0, 0.05) is 11.6 Å². The van der Waals surface area contributed by atoms with Gasteiger partial charge < -0.3 is 10.5 Å². The van der Waals surface area contributed by atoms with E-state index in [1.165, 1.54) is 5.56 Å². The molecule has 0 amide bonds. The van der Waals surface area contributed by atoms with E-state index in [2.05, 4.69) is 48.1 Å². The van der Waals surface area contributed by atoms with Gasteiger partial charge in [-0.15, -0.1) is 0 Å². The highest BCUT2D eigenvalue weighted by Crippen LogP contribution is 2.22. The van der Waals surface area contributed by atoms with E-state index in [4.69, 9.17) is 10.5 Å². The summed E-state index contributed by atoms with van der Waals surface area (Å²) in [6.45, 7) is 4.42. The second kappa shape index (κ2) is 5.69. The van der Waals surface area contributed by atoms with Gasteiger partial charge in [0.2, 0.25) is 11.8 Å². The lowest BCUT2D eigenvalue weighted by Gasteiger charge is -2.07. The Balaban J connectivity index is 2.29. The van der Waals surface area contributed by atoms with Crippen molar-refractivity contribution in [3.05, 3.63) is 35.9 Å². The fourth-order valence-electron chi connectivity index (χ4n) is 1.98. The lowest BCUT2D eigenvalue weighted by atomic mass is 10.0. The normalized spacial score (nSPS) is 10.7. The number of hydrogen-bond donors (Lipinski definition) is 1. The molecule has 0 aliphatic carbocycles. The Labute approximate surface area is 113 Å². The smallest absolute Gasteiger partial charge is 0.223 e. The number of aromatic nitrogens is 2. The number of nitrogens with zero attached hydrogens (tertiary/aromatic N) is 2. The zero-order valence-corrected chi connectivity index (χ0v) is 11.6. The van der Waals surface area contributed by atoms with E-state index in [0.29, 0.717) is 11.8 Å². The minimum absolute atomic E-state index is 0.223. The summed E-state index contributed by atoms with van der Waals surface area (Å²) in [5.74, 6) is 1.36. The maximum Gasteiger partial charge on any atom is 0.223 e. The van der Waals surface area contributed by atoms with Crippen LogP contribution in [0.5, 0.6) is 5.88 Å². The molecule has 2 rings (SSSR count). The molecule has 4 heteroatoms. The third kappa shape index (κ3) is 3.44. The van der Waals surface area contributed by atoms with Crippen LogP contribution in [0.3, 0.4) is 0 Å². The first-order chi connectivity index (χ1) is 9.08. The van der Waals surface area contributed by atoms with Crippen LogP contribution in [0.25, 0.3) is 11.3 Å². The summed E-state index contributed by atoms with van der Waals surface area (Å²) in [6.07, 6.45) is 1.08. The summed E-state index contributed by atoms with van der Waals surface area (Å²) >= 11 is 0. The van der Waals surface area contributed by atoms with Crippen LogP contribution in [0.2, 0.25) is 0 Å². The third-order valence-corrected chi connectivity index (χ3v) is 2.82. The van der Waals surface area contributed by atoms with E-state index in [1.807, 2.05) is 0 Å². The molecule has 0 bridgehead atoms. The SMILES string of the molecule is COc1cc(-c2ccc(CC(C)C)cc2)nc(N)n1. The van der Waals surface area contributed by atoms with E-state index >= 15 is 0 Å². The van der Waals surface area contributed by atoms with Gasteiger partial charge in [-0.2, -0.15) is 4.98 Å². The van der Waals surface area contributed by atoms with Crippen LogP contribution in [0.15, 0.2) is 30.3 Å². The van der Waals surface area contributed by atoms with Gasteiger partial charge in [-0.05, 0) is 17.9 Å². The van der Waals surface area contributed by atoms with Crippen molar-refractivity contribution in [3.8, 4) is 17.1 Å². The second-order valence-electron chi connectivity index (χ2n) is 4.95. The highest BCUT2D eigenvalue weighted by molar-refractivity contribution is 5.61. The molecular formula is C15H19N3O. The van der Waals surface area contributed by atoms with Gasteiger partial charge in [-0.3, -0.25) is 0 Å². The fourth-order valence-corrected chi connectivity index (χ4v) is 1.98. The quantitative estimate of drug-likeness (QED) is 0.914. The fraction of sp³-hybridized carbons (Fsp3) is 0.333. The van der Waals surface area contributed by atoms with Gasteiger partial charge >= 0.3 is 0 Å². The van der Waals surface area contributed by atoms with Gasteiger partial charge in [0.1, 0.15) is 0 Å². The van der Waals surface area contributed by atoms with Crippen LogP contribution in [0.1, 0.15) is 19.4 Å². The van der Waals surface area contributed by atoms with Gasteiger partial charge in [-0.1, -0.05) is 38.1 Å². The highest BCUT2D eigenvalue weighted by Gasteiger charge is 2.05. The number of anilines is 1. The maximum atomic E-state index is 5.67. The van der Waals surface area contributed by atoms with Crippen LogP contribution in [-0.4, -0.2) is 17.1 Å². The van der Waals surface area contributed by atoms with Crippen molar-refractivity contribution in [2.45, 2.75) is 20.3 Å². The first-order valence-electron chi connectivity index (χ1n) is 6.36. The van der Waals surface area contributed by atoms with E-state index in [0.717, 1.165) is 17.7 Å². The van der Waals surface area contributed by atoms with Crippen LogP contribution >= 0.6 is 0 Å². The molecule has 0 unspecified atom stereocenters. The monoisotopic (exact) mass is 257 g/mol. The second-order valence-corrected chi connectivity index (χ2v) is 4.95. The summed E-state index contributed by atoms with van der Waals surface area (Å²) < 4.78 is 5.10. The number of ether oxygens (including phenoxy) is 1. The molecule has 0 atom stereocenters. The molecule has 0 radical (unpaired) electrons. The highest BCUT2D eigenvalue weighted by atomic mass is 16.5. The molecular weight excluding hydrogens is 238 g/mol. The average Bonchev–Trinajstić information content (AvgIpc) is 2.38. The van der Waals surface area contributed by atoms with Crippen molar-refractivity contribution in [2.75, 3.05) is 12.8 Å². The van der Waals surface area contributed by atoms with Crippen molar-refractivity contribution >= 4 is 5.95 Å². The lowest BCUT2D eigenvalue weighted by molar-refractivity contribution is 0.398.